The third-order valence-electron chi connectivity index (χ3n) is 3.81. The van der Waals surface area contributed by atoms with Crippen LogP contribution in [0.4, 0.5) is 4.39 Å². The molecule has 3 rings (SSSR count). The van der Waals surface area contributed by atoms with Gasteiger partial charge in [-0.2, -0.15) is 5.10 Å². The van der Waals surface area contributed by atoms with E-state index in [0.717, 1.165) is 0 Å². The molecule has 0 aliphatic rings. The zero-order valence-corrected chi connectivity index (χ0v) is 14.6. The molecule has 26 heavy (non-hydrogen) atoms. The highest BCUT2D eigenvalue weighted by Crippen LogP contribution is 2.16. The molecule has 6 heteroatoms. The van der Waals surface area contributed by atoms with Crippen LogP contribution in [0.2, 0.25) is 0 Å². The Morgan fingerprint density at radius 2 is 2.04 bits per heavy atom. The van der Waals surface area contributed by atoms with Crippen molar-refractivity contribution in [3.63, 3.8) is 0 Å². The molecule has 134 valence electrons. The van der Waals surface area contributed by atoms with E-state index < -0.39 is 0 Å². The molecule has 0 atom stereocenters. The Bertz CT molecular complexity index is 923. The van der Waals surface area contributed by atoms with Crippen molar-refractivity contribution in [1.82, 2.24) is 9.78 Å². The minimum Gasteiger partial charge on any atom is -0.486 e. The molecule has 1 aromatic carbocycles. The Labute approximate surface area is 150 Å². The van der Waals surface area contributed by atoms with E-state index in [4.69, 9.17) is 9.15 Å². The van der Waals surface area contributed by atoms with Gasteiger partial charge in [0.05, 0.1) is 11.3 Å². The number of benzene rings is 1. The monoisotopic (exact) mass is 354 g/mol. The van der Waals surface area contributed by atoms with Gasteiger partial charge in [-0.15, -0.1) is 0 Å². The highest BCUT2D eigenvalue weighted by atomic mass is 19.1. The lowest BCUT2D eigenvalue weighted by Gasteiger charge is -2.03. The molecule has 0 saturated heterocycles. The van der Waals surface area contributed by atoms with Gasteiger partial charge < -0.3 is 9.15 Å². The number of ketones is 1. The van der Waals surface area contributed by atoms with Gasteiger partial charge in [-0.1, -0.05) is 0 Å². The molecule has 2 aromatic heterocycles. The van der Waals surface area contributed by atoms with E-state index in [1.807, 2.05) is 13.8 Å². The zero-order chi connectivity index (χ0) is 18.5. The lowest BCUT2D eigenvalue weighted by atomic mass is 10.1. The van der Waals surface area contributed by atoms with Crippen molar-refractivity contribution < 1.29 is 18.3 Å². The van der Waals surface area contributed by atoms with Crippen LogP contribution in [-0.4, -0.2) is 15.6 Å². The van der Waals surface area contributed by atoms with Crippen LogP contribution in [0.15, 0.2) is 53.1 Å². The van der Waals surface area contributed by atoms with Gasteiger partial charge in [0, 0.05) is 12.7 Å². The number of rotatable bonds is 7. The van der Waals surface area contributed by atoms with Crippen molar-refractivity contribution >= 4 is 11.9 Å². The molecule has 0 spiro atoms. The summed E-state index contributed by atoms with van der Waals surface area (Å²) in [6.45, 7) is 4.71. The normalized spacial score (nSPS) is 11.2. The topological polar surface area (TPSA) is 57.3 Å². The van der Waals surface area contributed by atoms with Crippen molar-refractivity contribution in [2.24, 2.45) is 0 Å². The second kappa shape index (κ2) is 7.82. The van der Waals surface area contributed by atoms with E-state index >= 15 is 0 Å². The highest BCUT2D eigenvalue weighted by molar-refractivity contribution is 6.07. The SMILES string of the molecule is CCn1cc(C(=O)/C=C/c2ccc(COc3ccc(F)cc3)o2)c(C)n1. The van der Waals surface area contributed by atoms with Gasteiger partial charge in [0.15, 0.2) is 5.78 Å². The zero-order valence-electron chi connectivity index (χ0n) is 14.6. The van der Waals surface area contributed by atoms with Gasteiger partial charge in [0.1, 0.15) is 29.7 Å². The lowest BCUT2D eigenvalue weighted by Crippen LogP contribution is -1.95. The standard InChI is InChI=1S/C20H19FN2O3/c1-3-23-12-19(14(2)22-23)20(24)11-10-17-8-9-18(26-17)13-25-16-6-4-15(21)5-7-16/h4-12H,3,13H2,1-2H3/b11-10+. The minimum absolute atomic E-state index is 0.122. The second-order valence-corrected chi connectivity index (χ2v) is 5.73. The number of hydrogen-bond donors (Lipinski definition) is 0. The molecule has 2 heterocycles. The van der Waals surface area contributed by atoms with Crippen molar-refractivity contribution in [1.29, 1.82) is 0 Å². The summed E-state index contributed by atoms with van der Waals surface area (Å²) in [5.74, 6) is 1.28. The summed E-state index contributed by atoms with van der Waals surface area (Å²) in [6, 6.07) is 9.30. The van der Waals surface area contributed by atoms with Crippen molar-refractivity contribution in [3.05, 3.63) is 77.3 Å². The predicted molar refractivity (Wildman–Crippen MR) is 95.4 cm³/mol. The Kier molecular flexibility index (Phi) is 5.31. The molecular weight excluding hydrogens is 335 g/mol. The van der Waals surface area contributed by atoms with E-state index in [-0.39, 0.29) is 18.2 Å². The van der Waals surface area contributed by atoms with Crippen LogP contribution in [0.5, 0.6) is 5.75 Å². The number of halogens is 1. The first-order valence-corrected chi connectivity index (χ1v) is 8.28. The maximum atomic E-state index is 12.9. The fourth-order valence-electron chi connectivity index (χ4n) is 2.42. The van der Waals surface area contributed by atoms with Crippen LogP contribution in [0, 0.1) is 12.7 Å². The first-order valence-electron chi connectivity index (χ1n) is 8.28. The van der Waals surface area contributed by atoms with Crippen LogP contribution >= 0.6 is 0 Å². The predicted octanol–water partition coefficient (Wildman–Crippen LogP) is 4.42. The molecule has 0 saturated carbocycles. The summed E-state index contributed by atoms with van der Waals surface area (Å²) < 4.78 is 25.7. The van der Waals surface area contributed by atoms with Crippen LogP contribution in [-0.2, 0) is 13.2 Å². The number of ether oxygens (including phenoxy) is 1. The quantitative estimate of drug-likeness (QED) is 0.466. The number of aromatic nitrogens is 2. The molecular formula is C20H19FN2O3. The fourth-order valence-corrected chi connectivity index (χ4v) is 2.42. The molecule has 0 bridgehead atoms. The van der Waals surface area contributed by atoms with E-state index in [9.17, 15) is 9.18 Å². The van der Waals surface area contributed by atoms with Crippen molar-refractivity contribution in [3.8, 4) is 5.75 Å². The Morgan fingerprint density at radius 3 is 2.73 bits per heavy atom. The Hall–Kier alpha value is -3.15. The first-order chi connectivity index (χ1) is 12.5. The molecule has 0 amide bonds. The average Bonchev–Trinajstić information content (AvgIpc) is 3.25. The third kappa shape index (κ3) is 4.27. The number of hydrogen-bond acceptors (Lipinski definition) is 4. The maximum absolute atomic E-state index is 12.9. The van der Waals surface area contributed by atoms with E-state index in [0.29, 0.717) is 35.1 Å². The van der Waals surface area contributed by atoms with Gasteiger partial charge in [0.2, 0.25) is 0 Å². The lowest BCUT2D eigenvalue weighted by molar-refractivity contribution is 0.104. The Balaban J connectivity index is 1.60. The summed E-state index contributed by atoms with van der Waals surface area (Å²) in [7, 11) is 0. The Morgan fingerprint density at radius 1 is 1.27 bits per heavy atom. The number of furan rings is 1. The number of aryl methyl sites for hydroxylation is 2. The molecule has 0 fully saturated rings. The van der Waals surface area contributed by atoms with Crippen LogP contribution in [0.1, 0.15) is 34.5 Å². The van der Waals surface area contributed by atoms with Gasteiger partial charge >= 0.3 is 0 Å². The average molecular weight is 354 g/mol. The summed E-state index contributed by atoms with van der Waals surface area (Å²) in [5, 5.41) is 4.27. The number of allylic oxidation sites excluding steroid dienone is 1. The van der Waals surface area contributed by atoms with Gasteiger partial charge in [-0.3, -0.25) is 9.48 Å². The van der Waals surface area contributed by atoms with E-state index in [1.165, 1.54) is 18.2 Å². The van der Waals surface area contributed by atoms with Crippen LogP contribution in [0.25, 0.3) is 6.08 Å². The summed E-state index contributed by atoms with van der Waals surface area (Å²) in [5.41, 5.74) is 1.28. The largest absolute Gasteiger partial charge is 0.486 e. The fraction of sp³-hybridized carbons (Fsp3) is 0.200. The molecule has 3 aromatic rings. The molecule has 0 N–H and O–H groups in total. The molecule has 0 radical (unpaired) electrons. The summed E-state index contributed by atoms with van der Waals surface area (Å²) in [4.78, 5) is 12.3. The van der Waals surface area contributed by atoms with Crippen LogP contribution < -0.4 is 4.74 Å². The molecule has 5 nitrogen and oxygen atoms in total. The minimum atomic E-state index is -0.313. The van der Waals surface area contributed by atoms with Crippen molar-refractivity contribution in [2.75, 3.05) is 0 Å². The molecule has 0 aliphatic heterocycles. The number of nitrogens with zero attached hydrogens (tertiary/aromatic N) is 2. The summed E-state index contributed by atoms with van der Waals surface area (Å²) >= 11 is 0. The highest BCUT2D eigenvalue weighted by Gasteiger charge is 2.10. The second-order valence-electron chi connectivity index (χ2n) is 5.73. The van der Waals surface area contributed by atoms with Gasteiger partial charge in [0.25, 0.3) is 0 Å². The number of carbonyl (C=O) groups excluding carboxylic acids is 1. The summed E-state index contributed by atoms with van der Waals surface area (Å²) in [6.07, 6.45) is 4.83. The third-order valence-corrected chi connectivity index (χ3v) is 3.81. The maximum Gasteiger partial charge on any atom is 0.189 e. The smallest absolute Gasteiger partial charge is 0.189 e. The van der Waals surface area contributed by atoms with Crippen molar-refractivity contribution in [2.45, 2.75) is 27.0 Å². The van der Waals surface area contributed by atoms with Gasteiger partial charge in [-0.05, 0) is 62.4 Å². The molecule has 0 unspecified atom stereocenters. The molecule has 0 aliphatic carbocycles. The van der Waals surface area contributed by atoms with E-state index in [2.05, 4.69) is 5.10 Å². The number of carbonyl (C=O) groups is 1. The van der Waals surface area contributed by atoms with Gasteiger partial charge in [-0.25, -0.2) is 4.39 Å². The van der Waals surface area contributed by atoms with Crippen LogP contribution in [0.3, 0.4) is 0 Å². The first kappa shape index (κ1) is 17.7. The van der Waals surface area contributed by atoms with E-state index in [1.54, 1.807) is 41.2 Å².